The van der Waals surface area contributed by atoms with Gasteiger partial charge in [0.05, 0.1) is 7.11 Å². The third-order valence-corrected chi connectivity index (χ3v) is 3.38. The molecule has 0 saturated carbocycles. The van der Waals surface area contributed by atoms with E-state index in [0.717, 1.165) is 5.56 Å². The van der Waals surface area contributed by atoms with Gasteiger partial charge in [-0.2, -0.15) is 9.97 Å². The lowest BCUT2D eigenvalue weighted by Gasteiger charge is -2.04. The van der Waals surface area contributed by atoms with Crippen molar-refractivity contribution in [1.82, 2.24) is 25.6 Å². The number of methoxy groups -OCH3 is 1. The normalized spacial score (nSPS) is 11.8. The van der Waals surface area contributed by atoms with Gasteiger partial charge >= 0.3 is 0 Å². The average molecular weight is 352 g/mol. The first kappa shape index (κ1) is 17.9. The van der Waals surface area contributed by atoms with Crippen LogP contribution in [0.1, 0.15) is 12.7 Å². The maximum atomic E-state index is 5.26. The predicted molar refractivity (Wildman–Crippen MR) is 89.1 cm³/mol. The van der Waals surface area contributed by atoms with Gasteiger partial charge in [-0.05, 0) is 32.2 Å². The van der Waals surface area contributed by atoms with Crippen LogP contribution in [0.15, 0.2) is 33.3 Å². The minimum atomic E-state index is 0. The molecule has 1 N–H and O–H groups in total. The number of nitrogens with one attached hydrogen (secondary N) is 1. The molecule has 3 aromatic rings. The molecule has 3 rings (SSSR count). The Morgan fingerprint density at radius 3 is 2.71 bits per heavy atom. The summed E-state index contributed by atoms with van der Waals surface area (Å²) in [4.78, 5) is 8.58. The third-order valence-electron chi connectivity index (χ3n) is 3.38. The maximum absolute atomic E-state index is 5.26. The van der Waals surface area contributed by atoms with Crippen LogP contribution >= 0.6 is 12.4 Å². The van der Waals surface area contributed by atoms with E-state index in [1.165, 1.54) is 0 Å². The minimum Gasteiger partial charge on any atom is -0.497 e. The summed E-state index contributed by atoms with van der Waals surface area (Å²) in [6, 6.07) is 7.60. The Morgan fingerprint density at radius 2 is 1.96 bits per heavy atom. The van der Waals surface area contributed by atoms with Gasteiger partial charge in [0.2, 0.25) is 0 Å². The van der Waals surface area contributed by atoms with Crippen molar-refractivity contribution in [1.29, 1.82) is 0 Å². The molecule has 0 aliphatic heterocycles. The number of nitrogens with zero attached hydrogens (tertiary/aromatic N) is 4. The molecular weight excluding hydrogens is 334 g/mol. The second kappa shape index (κ2) is 7.89. The smallest absolute Gasteiger partial charge is 0.299 e. The van der Waals surface area contributed by atoms with Gasteiger partial charge in [-0.1, -0.05) is 16.4 Å². The molecule has 0 spiro atoms. The van der Waals surface area contributed by atoms with Gasteiger partial charge in [-0.15, -0.1) is 12.4 Å². The summed E-state index contributed by atoms with van der Waals surface area (Å²) in [7, 11) is 3.48. The molecule has 0 bridgehead atoms. The number of hydrogen-bond acceptors (Lipinski definition) is 8. The Bertz CT molecular complexity index is 789. The van der Waals surface area contributed by atoms with Crippen LogP contribution in [0.4, 0.5) is 0 Å². The second-order valence-electron chi connectivity index (χ2n) is 5.06. The van der Waals surface area contributed by atoms with Gasteiger partial charge in [0.25, 0.3) is 17.6 Å². The van der Waals surface area contributed by atoms with Crippen LogP contribution in [-0.2, 0) is 6.42 Å². The highest BCUT2D eigenvalue weighted by Gasteiger charge is 2.17. The van der Waals surface area contributed by atoms with Crippen LogP contribution in [0.25, 0.3) is 23.2 Å². The number of rotatable bonds is 6. The Labute approximate surface area is 145 Å². The van der Waals surface area contributed by atoms with Gasteiger partial charge < -0.3 is 19.1 Å². The molecule has 0 aliphatic carbocycles. The molecule has 0 aliphatic rings. The summed E-state index contributed by atoms with van der Waals surface area (Å²) >= 11 is 0. The SMILES string of the molecule is CNC(C)Cc1noc(-c2noc(-c3cccc(OC)c3)n2)n1.Cl. The third kappa shape index (κ3) is 3.90. The Morgan fingerprint density at radius 1 is 1.17 bits per heavy atom. The van der Waals surface area contributed by atoms with Crippen LogP contribution in [0.5, 0.6) is 5.75 Å². The number of aromatic nitrogens is 4. The summed E-state index contributed by atoms with van der Waals surface area (Å²) in [5, 5.41) is 10.9. The van der Waals surface area contributed by atoms with E-state index in [-0.39, 0.29) is 30.2 Å². The van der Waals surface area contributed by atoms with Gasteiger partial charge in [-0.3, -0.25) is 0 Å². The van der Waals surface area contributed by atoms with Crippen molar-refractivity contribution in [2.75, 3.05) is 14.2 Å². The fourth-order valence-corrected chi connectivity index (χ4v) is 1.99. The highest BCUT2D eigenvalue weighted by Crippen LogP contribution is 2.24. The molecule has 24 heavy (non-hydrogen) atoms. The van der Waals surface area contributed by atoms with E-state index in [9.17, 15) is 0 Å². The zero-order valence-corrected chi connectivity index (χ0v) is 14.3. The summed E-state index contributed by atoms with van der Waals surface area (Å²) in [5.74, 6) is 2.17. The molecule has 0 saturated heterocycles. The topological polar surface area (TPSA) is 99.1 Å². The van der Waals surface area contributed by atoms with Crippen molar-refractivity contribution in [2.45, 2.75) is 19.4 Å². The monoisotopic (exact) mass is 351 g/mol. The number of halogens is 1. The lowest BCUT2D eigenvalue weighted by Crippen LogP contribution is -2.24. The molecular formula is C15H18ClN5O3. The fourth-order valence-electron chi connectivity index (χ4n) is 1.99. The summed E-state index contributed by atoms with van der Waals surface area (Å²) in [5.41, 5.74) is 0.756. The van der Waals surface area contributed by atoms with Crippen LogP contribution in [0.3, 0.4) is 0 Å². The Balaban J connectivity index is 0.00000208. The molecule has 0 amide bonds. The lowest BCUT2D eigenvalue weighted by molar-refractivity contribution is 0.403. The minimum absolute atomic E-state index is 0. The molecule has 0 radical (unpaired) electrons. The van der Waals surface area contributed by atoms with E-state index >= 15 is 0 Å². The quantitative estimate of drug-likeness (QED) is 0.722. The number of benzene rings is 1. The molecule has 9 heteroatoms. The predicted octanol–water partition coefficient (Wildman–Crippen LogP) is 2.37. The maximum Gasteiger partial charge on any atom is 0.299 e. The standard InChI is InChI=1S/C15H17N5O3.ClH/c1-9(16-2)7-12-17-15(23-19-12)13-18-14(22-20-13)10-5-4-6-11(8-10)21-3;/h4-6,8-9,16H,7H2,1-3H3;1H. The number of hydrogen-bond donors (Lipinski definition) is 1. The molecule has 1 atom stereocenters. The lowest BCUT2D eigenvalue weighted by atomic mass is 10.2. The van der Waals surface area contributed by atoms with Crippen molar-refractivity contribution in [3.05, 3.63) is 30.1 Å². The van der Waals surface area contributed by atoms with Gasteiger partial charge in [0, 0.05) is 18.0 Å². The van der Waals surface area contributed by atoms with Crippen LogP contribution in [0.2, 0.25) is 0 Å². The molecule has 8 nitrogen and oxygen atoms in total. The van der Waals surface area contributed by atoms with E-state index < -0.39 is 0 Å². The van der Waals surface area contributed by atoms with Gasteiger partial charge in [-0.25, -0.2) is 0 Å². The van der Waals surface area contributed by atoms with Crippen LogP contribution in [0, 0.1) is 0 Å². The van der Waals surface area contributed by atoms with E-state index in [4.69, 9.17) is 13.8 Å². The van der Waals surface area contributed by atoms with Gasteiger partial charge in [0.15, 0.2) is 5.82 Å². The molecule has 0 fully saturated rings. The summed E-state index contributed by atoms with van der Waals surface area (Å²) in [6.07, 6.45) is 0.653. The van der Waals surface area contributed by atoms with E-state index in [1.807, 2.05) is 38.2 Å². The summed E-state index contributed by atoms with van der Waals surface area (Å²) < 4.78 is 15.6. The van der Waals surface area contributed by atoms with E-state index in [1.54, 1.807) is 7.11 Å². The van der Waals surface area contributed by atoms with Crippen molar-refractivity contribution >= 4 is 12.4 Å². The first-order chi connectivity index (χ1) is 11.2. The molecule has 1 aromatic carbocycles. The van der Waals surface area contributed by atoms with Gasteiger partial charge in [0.1, 0.15) is 5.75 Å². The highest BCUT2D eigenvalue weighted by atomic mass is 35.5. The molecule has 1 unspecified atom stereocenters. The van der Waals surface area contributed by atoms with Crippen molar-refractivity contribution in [3.8, 4) is 28.9 Å². The van der Waals surface area contributed by atoms with Crippen LogP contribution < -0.4 is 10.1 Å². The second-order valence-corrected chi connectivity index (χ2v) is 5.06. The summed E-state index contributed by atoms with van der Waals surface area (Å²) in [6.45, 7) is 2.03. The van der Waals surface area contributed by atoms with E-state index in [2.05, 4.69) is 25.6 Å². The highest BCUT2D eigenvalue weighted by molar-refractivity contribution is 5.85. The average Bonchev–Trinajstić information content (AvgIpc) is 3.24. The number of ether oxygens (including phenoxy) is 1. The molecule has 128 valence electrons. The first-order valence-electron chi connectivity index (χ1n) is 7.18. The van der Waals surface area contributed by atoms with Crippen LogP contribution in [-0.4, -0.2) is 40.5 Å². The van der Waals surface area contributed by atoms with Crippen molar-refractivity contribution in [2.24, 2.45) is 0 Å². The largest absolute Gasteiger partial charge is 0.497 e. The molecule has 2 heterocycles. The van der Waals surface area contributed by atoms with Crippen molar-refractivity contribution in [3.63, 3.8) is 0 Å². The zero-order valence-electron chi connectivity index (χ0n) is 13.5. The molecule has 2 aromatic heterocycles. The number of likely N-dealkylation sites (N-methyl/N-ethyl adjacent to an activating group) is 1. The Kier molecular flexibility index (Phi) is 5.88. The zero-order chi connectivity index (χ0) is 16.2. The Hall–Kier alpha value is -2.45. The first-order valence-corrected chi connectivity index (χ1v) is 7.18. The van der Waals surface area contributed by atoms with Crippen molar-refractivity contribution < 1.29 is 13.8 Å². The van der Waals surface area contributed by atoms with E-state index in [0.29, 0.717) is 23.9 Å². The fraction of sp³-hybridized carbons (Fsp3) is 0.333.